The highest BCUT2D eigenvalue weighted by molar-refractivity contribution is 6.17. The summed E-state index contributed by atoms with van der Waals surface area (Å²) in [5, 5.41) is 0. The fraction of sp³-hybridized carbons (Fsp3) is 0.318. The first-order chi connectivity index (χ1) is 13.9. The fourth-order valence-electron chi connectivity index (χ4n) is 3.32. The van der Waals surface area contributed by atoms with Crippen molar-refractivity contribution in [2.45, 2.75) is 20.8 Å². The Labute approximate surface area is 169 Å². The van der Waals surface area contributed by atoms with Gasteiger partial charge >= 0.3 is 5.97 Å². The molecule has 0 saturated heterocycles. The highest BCUT2D eigenvalue weighted by Gasteiger charge is 2.35. The predicted molar refractivity (Wildman–Crippen MR) is 110 cm³/mol. The van der Waals surface area contributed by atoms with E-state index in [1.165, 1.54) is 16.9 Å². The lowest BCUT2D eigenvalue weighted by atomic mass is 10.0. The van der Waals surface area contributed by atoms with Crippen LogP contribution >= 0.6 is 0 Å². The van der Waals surface area contributed by atoms with E-state index in [-0.39, 0.29) is 31.5 Å². The number of fused-ring (bicyclic) bond motifs is 1. The van der Waals surface area contributed by atoms with Crippen molar-refractivity contribution >= 4 is 29.2 Å². The van der Waals surface area contributed by atoms with E-state index in [9.17, 15) is 14.4 Å². The van der Waals surface area contributed by atoms with Gasteiger partial charge in [0.15, 0.2) is 0 Å². The average molecular weight is 396 g/mol. The molecule has 0 atom stereocenters. The van der Waals surface area contributed by atoms with E-state index in [1.807, 2.05) is 26.0 Å². The van der Waals surface area contributed by atoms with Crippen molar-refractivity contribution in [1.29, 1.82) is 0 Å². The molecule has 0 spiro atoms. The minimum Gasteiger partial charge on any atom is -0.496 e. The maximum atomic E-state index is 13.3. The first kappa shape index (κ1) is 20.4. The van der Waals surface area contributed by atoms with Crippen LogP contribution in [0.15, 0.2) is 36.4 Å². The van der Waals surface area contributed by atoms with Crippen molar-refractivity contribution < 1.29 is 23.9 Å². The number of methoxy groups -OCH3 is 1. The van der Waals surface area contributed by atoms with Crippen molar-refractivity contribution in [3.63, 3.8) is 0 Å². The molecule has 3 rings (SSSR count). The second-order valence-electron chi connectivity index (χ2n) is 6.80. The standard InChI is InChI=1S/C22H24N2O5/c1-5-29-21(26)13-23-17-10-14(2)15(3)11-18(17)24(12-20(23)25)22(27)16-8-6-7-9-19(16)28-4/h6-11H,5,12-13H2,1-4H3. The largest absolute Gasteiger partial charge is 0.496 e. The topological polar surface area (TPSA) is 76.2 Å². The first-order valence-corrected chi connectivity index (χ1v) is 9.39. The lowest BCUT2D eigenvalue weighted by molar-refractivity contribution is -0.142. The number of carbonyl (C=O) groups is 3. The number of benzene rings is 2. The monoisotopic (exact) mass is 396 g/mol. The Bertz CT molecular complexity index is 970. The lowest BCUT2D eigenvalue weighted by Crippen LogP contribution is -2.50. The minimum atomic E-state index is -0.491. The van der Waals surface area contributed by atoms with Crippen LogP contribution in [-0.4, -0.2) is 44.6 Å². The van der Waals surface area contributed by atoms with Crippen LogP contribution in [0.3, 0.4) is 0 Å². The molecule has 0 radical (unpaired) electrons. The van der Waals surface area contributed by atoms with Gasteiger partial charge in [0.05, 0.1) is 30.7 Å². The number of hydrogen-bond acceptors (Lipinski definition) is 5. The molecule has 0 aliphatic carbocycles. The van der Waals surface area contributed by atoms with Gasteiger partial charge in [0.2, 0.25) is 5.91 Å². The molecule has 152 valence electrons. The maximum absolute atomic E-state index is 13.3. The summed E-state index contributed by atoms with van der Waals surface area (Å²) in [6.45, 7) is 5.44. The summed E-state index contributed by atoms with van der Waals surface area (Å²) in [4.78, 5) is 41.0. The maximum Gasteiger partial charge on any atom is 0.326 e. The molecule has 0 N–H and O–H groups in total. The summed E-state index contributed by atoms with van der Waals surface area (Å²) in [6, 6.07) is 10.6. The SMILES string of the molecule is CCOC(=O)CN1C(=O)CN(C(=O)c2ccccc2OC)c2cc(C)c(C)cc21. The van der Waals surface area contributed by atoms with Crippen LogP contribution in [0.25, 0.3) is 0 Å². The Balaban J connectivity index is 2.07. The highest BCUT2D eigenvalue weighted by Crippen LogP contribution is 2.37. The molecular formula is C22H24N2O5. The molecule has 2 amide bonds. The van der Waals surface area contributed by atoms with Crippen LogP contribution in [0.2, 0.25) is 0 Å². The second kappa shape index (κ2) is 8.34. The van der Waals surface area contributed by atoms with Crippen LogP contribution in [0.4, 0.5) is 11.4 Å². The molecule has 7 nitrogen and oxygen atoms in total. The summed E-state index contributed by atoms with van der Waals surface area (Å²) >= 11 is 0. The number of nitrogens with zero attached hydrogens (tertiary/aromatic N) is 2. The van der Waals surface area contributed by atoms with Gasteiger partial charge in [-0.05, 0) is 56.2 Å². The Morgan fingerprint density at radius 1 is 1.07 bits per heavy atom. The number of para-hydroxylation sites is 1. The smallest absolute Gasteiger partial charge is 0.326 e. The van der Waals surface area contributed by atoms with Crippen molar-refractivity contribution in [2.24, 2.45) is 0 Å². The summed E-state index contributed by atoms with van der Waals surface area (Å²) in [5.74, 6) is -0.744. The molecular weight excluding hydrogens is 372 g/mol. The van der Waals surface area contributed by atoms with E-state index in [0.717, 1.165) is 11.1 Å². The number of anilines is 2. The van der Waals surface area contributed by atoms with Gasteiger partial charge in [-0.15, -0.1) is 0 Å². The fourth-order valence-corrected chi connectivity index (χ4v) is 3.32. The van der Waals surface area contributed by atoms with Crippen molar-refractivity contribution in [3.8, 4) is 5.75 Å². The van der Waals surface area contributed by atoms with E-state index in [4.69, 9.17) is 9.47 Å². The molecule has 0 unspecified atom stereocenters. The number of carbonyl (C=O) groups excluding carboxylic acids is 3. The molecule has 1 aliphatic heterocycles. The summed E-state index contributed by atoms with van der Waals surface area (Å²) in [7, 11) is 1.50. The lowest BCUT2D eigenvalue weighted by Gasteiger charge is -2.36. The first-order valence-electron chi connectivity index (χ1n) is 9.39. The molecule has 2 aromatic carbocycles. The van der Waals surface area contributed by atoms with Crippen molar-refractivity contribution in [1.82, 2.24) is 0 Å². The zero-order valence-electron chi connectivity index (χ0n) is 17.0. The zero-order valence-corrected chi connectivity index (χ0v) is 17.0. The van der Waals surface area contributed by atoms with Gasteiger partial charge in [0.25, 0.3) is 5.91 Å². The van der Waals surface area contributed by atoms with Crippen molar-refractivity contribution in [2.75, 3.05) is 36.6 Å². The zero-order chi connectivity index (χ0) is 21.1. The van der Waals surface area contributed by atoms with Crippen LogP contribution in [-0.2, 0) is 14.3 Å². The molecule has 1 heterocycles. The van der Waals surface area contributed by atoms with Gasteiger partial charge in [0.1, 0.15) is 18.8 Å². The number of hydrogen-bond donors (Lipinski definition) is 0. The number of ether oxygens (including phenoxy) is 2. The van der Waals surface area contributed by atoms with Crippen LogP contribution < -0.4 is 14.5 Å². The van der Waals surface area contributed by atoms with Crippen LogP contribution in [0.1, 0.15) is 28.4 Å². The third-order valence-corrected chi connectivity index (χ3v) is 4.94. The Hall–Kier alpha value is -3.35. The summed E-state index contributed by atoms with van der Waals surface area (Å²) in [6.07, 6.45) is 0. The van der Waals surface area contributed by atoms with Gasteiger partial charge in [0, 0.05) is 0 Å². The highest BCUT2D eigenvalue weighted by atomic mass is 16.5. The van der Waals surface area contributed by atoms with E-state index in [2.05, 4.69) is 0 Å². The molecule has 0 aromatic heterocycles. The molecule has 1 aliphatic rings. The minimum absolute atomic E-state index is 0.175. The predicted octanol–water partition coefficient (Wildman–Crippen LogP) is 2.87. The Morgan fingerprint density at radius 3 is 2.38 bits per heavy atom. The van der Waals surface area contributed by atoms with Crippen LogP contribution in [0, 0.1) is 13.8 Å². The molecule has 0 bridgehead atoms. The van der Waals surface area contributed by atoms with E-state index < -0.39 is 5.97 Å². The summed E-state index contributed by atoms with van der Waals surface area (Å²) in [5.41, 5.74) is 3.39. The number of esters is 1. The van der Waals surface area contributed by atoms with Gasteiger partial charge < -0.3 is 9.47 Å². The second-order valence-corrected chi connectivity index (χ2v) is 6.80. The Morgan fingerprint density at radius 2 is 1.72 bits per heavy atom. The molecule has 2 aromatic rings. The third kappa shape index (κ3) is 3.94. The molecule has 0 saturated carbocycles. The molecule has 0 fully saturated rings. The van der Waals surface area contributed by atoms with Gasteiger partial charge in [-0.25, -0.2) is 0 Å². The van der Waals surface area contributed by atoms with E-state index in [0.29, 0.717) is 22.7 Å². The quantitative estimate of drug-likeness (QED) is 0.727. The third-order valence-electron chi connectivity index (χ3n) is 4.94. The Kier molecular flexibility index (Phi) is 5.87. The van der Waals surface area contributed by atoms with Crippen molar-refractivity contribution in [3.05, 3.63) is 53.1 Å². The summed E-state index contributed by atoms with van der Waals surface area (Å²) < 4.78 is 10.3. The normalized spacial score (nSPS) is 13.2. The van der Waals surface area contributed by atoms with Gasteiger partial charge in [-0.1, -0.05) is 12.1 Å². The van der Waals surface area contributed by atoms with Gasteiger partial charge in [-0.3, -0.25) is 24.2 Å². The number of rotatable bonds is 5. The molecule has 7 heteroatoms. The number of aryl methyl sites for hydroxylation is 2. The number of amides is 2. The van der Waals surface area contributed by atoms with E-state index in [1.54, 1.807) is 31.2 Å². The van der Waals surface area contributed by atoms with Gasteiger partial charge in [-0.2, -0.15) is 0 Å². The average Bonchev–Trinajstić information content (AvgIpc) is 2.71. The van der Waals surface area contributed by atoms with Crippen LogP contribution in [0.5, 0.6) is 5.75 Å². The van der Waals surface area contributed by atoms with E-state index >= 15 is 0 Å². The molecule has 29 heavy (non-hydrogen) atoms.